The SMILES string of the molecule is COC(=O)C1CC2CCC1C(O)C2. The largest absolute Gasteiger partial charge is 0.469 e. The number of hydrogen-bond donors (Lipinski definition) is 1. The average molecular weight is 184 g/mol. The normalized spacial score (nSPS) is 43.2. The molecule has 0 spiro atoms. The van der Waals surface area contributed by atoms with E-state index >= 15 is 0 Å². The molecule has 3 heteroatoms. The molecule has 13 heavy (non-hydrogen) atoms. The Hall–Kier alpha value is -0.570. The first-order valence-electron chi connectivity index (χ1n) is 4.98. The highest BCUT2D eigenvalue weighted by Crippen LogP contribution is 2.45. The molecule has 2 bridgehead atoms. The van der Waals surface area contributed by atoms with Gasteiger partial charge in [0.05, 0.1) is 19.1 Å². The number of carbonyl (C=O) groups excluding carboxylic acids is 1. The van der Waals surface area contributed by atoms with Crippen molar-refractivity contribution >= 4 is 5.97 Å². The number of fused-ring (bicyclic) bond motifs is 3. The van der Waals surface area contributed by atoms with Crippen LogP contribution in [0.4, 0.5) is 0 Å². The van der Waals surface area contributed by atoms with Crippen LogP contribution in [-0.2, 0) is 9.53 Å². The van der Waals surface area contributed by atoms with Gasteiger partial charge in [0.15, 0.2) is 0 Å². The van der Waals surface area contributed by atoms with Crippen LogP contribution >= 0.6 is 0 Å². The van der Waals surface area contributed by atoms with E-state index in [-0.39, 0.29) is 23.9 Å². The minimum absolute atomic E-state index is 0.0347. The Labute approximate surface area is 78.1 Å². The molecule has 3 aliphatic carbocycles. The first kappa shape index (κ1) is 9.00. The van der Waals surface area contributed by atoms with Crippen molar-refractivity contribution in [1.29, 1.82) is 0 Å². The Morgan fingerprint density at radius 1 is 1.38 bits per heavy atom. The van der Waals surface area contributed by atoms with E-state index in [9.17, 15) is 9.90 Å². The fraction of sp³-hybridized carbons (Fsp3) is 0.900. The molecular formula is C10H16O3. The molecule has 3 fully saturated rings. The number of rotatable bonds is 1. The summed E-state index contributed by atoms with van der Waals surface area (Å²) in [6.45, 7) is 0. The van der Waals surface area contributed by atoms with Crippen LogP contribution in [0.2, 0.25) is 0 Å². The lowest BCUT2D eigenvalue weighted by Crippen LogP contribution is -2.44. The van der Waals surface area contributed by atoms with Gasteiger partial charge in [0.2, 0.25) is 0 Å². The van der Waals surface area contributed by atoms with Crippen molar-refractivity contribution in [1.82, 2.24) is 0 Å². The van der Waals surface area contributed by atoms with E-state index in [0.717, 1.165) is 19.3 Å². The van der Waals surface area contributed by atoms with Gasteiger partial charge in [0, 0.05) is 0 Å². The smallest absolute Gasteiger partial charge is 0.309 e. The van der Waals surface area contributed by atoms with E-state index in [1.54, 1.807) is 0 Å². The number of esters is 1. The van der Waals surface area contributed by atoms with Crippen molar-refractivity contribution < 1.29 is 14.6 Å². The summed E-state index contributed by atoms with van der Waals surface area (Å²) in [6.07, 6.45) is 3.71. The first-order valence-corrected chi connectivity index (χ1v) is 4.98. The Morgan fingerprint density at radius 2 is 2.15 bits per heavy atom. The van der Waals surface area contributed by atoms with Gasteiger partial charge < -0.3 is 9.84 Å². The van der Waals surface area contributed by atoms with Gasteiger partial charge in [-0.3, -0.25) is 4.79 Å². The Morgan fingerprint density at radius 3 is 2.69 bits per heavy atom. The van der Waals surface area contributed by atoms with Crippen molar-refractivity contribution in [3.05, 3.63) is 0 Å². The monoisotopic (exact) mass is 184 g/mol. The molecule has 3 saturated carbocycles. The zero-order valence-electron chi connectivity index (χ0n) is 7.90. The zero-order valence-corrected chi connectivity index (χ0v) is 7.90. The van der Waals surface area contributed by atoms with Crippen LogP contribution in [0.25, 0.3) is 0 Å². The molecule has 3 rings (SSSR count). The van der Waals surface area contributed by atoms with E-state index in [2.05, 4.69) is 0 Å². The minimum Gasteiger partial charge on any atom is -0.469 e. The van der Waals surface area contributed by atoms with E-state index in [0.29, 0.717) is 5.92 Å². The predicted octanol–water partition coefficient (Wildman–Crippen LogP) is 0.956. The van der Waals surface area contributed by atoms with Crippen LogP contribution in [-0.4, -0.2) is 24.3 Å². The fourth-order valence-corrected chi connectivity index (χ4v) is 2.89. The number of hydrogen-bond acceptors (Lipinski definition) is 3. The van der Waals surface area contributed by atoms with Crippen LogP contribution in [0.3, 0.4) is 0 Å². The van der Waals surface area contributed by atoms with Crippen LogP contribution in [0, 0.1) is 17.8 Å². The van der Waals surface area contributed by atoms with E-state index in [4.69, 9.17) is 4.74 Å². The maximum atomic E-state index is 11.4. The number of ether oxygens (including phenoxy) is 1. The van der Waals surface area contributed by atoms with Crippen molar-refractivity contribution in [2.75, 3.05) is 7.11 Å². The Balaban J connectivity index is 2.10. The third kappa shape index (κ3) is 1.46. The minimum atomic E-state index is -0.267. The Kier molecular flexibility index (Phi) is 2.28. The quantitative estimate of drug-likeness (QED) is 0.617. The summed E-state index contributed by atoms with van der Waals surface area (Å²) in [5.74, 6) is 0.544. The summed E-state index contributed by atoms with van der Waals surface area (Å²) in [5.41, 5.74) is 0. The highest BCUT2D eigenvalue weighted by Gasteiger charge is 2.44. The molecule has 3 nitrogen and oxygen atoms in total. The van der Waals surface area contributed by atoms with Gasteiger partial charge in [-0.05, 0) is 37.5 Å². The second kappa shape index (κ2) is 3.29. The lowest BCUT2D eigenvalue weighted by Gasteiger charge is -2.44. The van der Waals surface area contributed by atoms with Gasteiger partial charge in [0.25, 0.3) is 0 Å². The van der Waals surface area contributed by atoms with E-state index in [1.165, 1.54) is 13.5 Å². The molecule has 0 aromatic carbocycles. The molecule has 74 valence electrons. The molecule has 0 saturated heterocycles. The lowest BCUT2D eigenvalue weighted by atomic mass is 9.63. The van der Waals surface area contributed by atoms with Gasteiger partial charge >= 0.3 is 5.97 Å². The molecule has 0 aromatic heterocycles. The van der Waals surface area contributed by atoms with Crippen LogP contribution in [0.5, 0.6) is 0 Å². The lowest BCUT2D eigenvalue weighted by molar-refractivity contribution is -0.156. The molecule has 1 N–H and O–H groups in total. The molecule has 3 aliphatic rings. The van der Waals surface area contributed by atoms with Crippen molar-refractivity contribution in [2.24, 2.45) is 17.8 Å². The number of methoxy groups -OCH3 is 1. The van der Waals surface area contributed by atoms with Gasteiger partial charge in [-0.2, -0.15) is 0 Å². The summed E-state index contributed by atoms with van der Waals surface area (Å²) in [4.78, 5) is 11.4. The number of aliphatic hydroxyl groups is 1. The van der Waals surface area contributed by atoms with Gasteiger partial charge in [-0.25, -0.2) is 0 Å². The summed E-state index contributed by atoms with van der Waals surface area (Å²) in [7, 11) is 1.43. The van der Waals surface area contributed by atoms with E-state index in [1.807, 2.05) is 0 Å². The highest BCUT2D eigenvalue weighted by molar-refractivity contribution is 5.73. The third-order valence-corrected chi connectivity index (χ3v) is 3.59. The Bertz CT molecular complexity index is 214. The van der Waals surface area contributed by atoms with Gasteiger partial charge in [-0.1, -0.05) is 0 Å². The van der Waals surface area contributed by atoms with Gasteiger partial charge in [0.1, 0.15) is 0 Å². The third-order valence-electron chi connectivity index (χ3n) is 3.59. The van der Waals surface area contributed by atoms with Crippen LogP contribution in [0.1, 0.15) is 25.7 Å². The molecule has 0 radical (unpaired) electrons. The second-order valence-electron chi connectivity index (χ2n) is 4.28. The van der Waals surface area contributed by atoms with Crippen molar-refractivity contribution in [3.63, 3.8) is 0 Å². The second-order valence-corrected chi connectivity index (χ2v) is 4.28. The molecular weight excluding hydrogens is 168 g/mol. The average Bonchev–Trinajstić information content (AvgIpc) is 2.17. The maximum absolute atomic E-state index is 11.4. The molecule has 4 atom stereocenters. The summed E-state index contributed by atoms with van der Waals surface area (Å²) < 4.78 is 4.74. The first-order chi connectivity index (χ1) is 6.22. The fourth-order valence-electron chi connectivity index (χ4n) is 2.89. The zero-order chi connectivity index (χ0) is 9.42. The van der Waals surface area contributed by atoms with Crippen LogP contribution in [0.15, 0.2) is 0 Å². The summed E-state index contributed by atoms with van der Waals surface area (Å²) in [6, 6.07) is 0. The predicted molar refractivity (Wildman–Crippen MR) is 47.0 cm³/mol. The highest BCUT2D eigenvalue weighted by atomic mass is 16.5. The number of carbonyl (C=O) groups is 1. The van der Waals surface area contributed by atoms with Crippen LogP contribution < -0.4 is 0 Å². The number of aliphatic hydroxyl groups excluding tert-OH is 1. The molecule has 0 aliphatic heterocycles. The summed E-state index contributed by atoms with van der Waals surface area (Å²) >= 11 is 0. The summed E-state index contributed by atoms with van der Waals surface area (Å²) in [5, 5.41) is 9.71. The topological polar surface area (TPSA) is 46.5 Å². The maximum Gasteiger partial charge on any atom is 0.309 e. The molecule has 0 aromatic rings. The molecule has 4 unspecified atom stereocenters. The van der Waals surface area contributed by atoms with Crippen molar-refractivity contribution in [2.45, 2.75) is 31.8 Å². The molecule has 0 amide bonds. The van der Waals surface area contributed by atoms with Crippen molar-refractivity contribution in [3.8, 4) is 0 Å². The standard InChI is InChI=1S/C10H16O3/c1-13-10(12)8-4-6-2-3-7(8)9(11)5-6/h6-9,11H,2-5H2,1H3. The van der Waals surface area contributed by atoms with E-state index < -0.39 is 0 Å². The van der Waals surface area contributed by atoms with Gasteiger partial charge in [-0.15, -0.1) is 0 Å². The molecule has 0 heterocycles.